The summed E-state index contributed by atoms with van der Waals surface area (Å²) >= 11 is 0. The zero-order valence-corrected chi connectivity index (χ0v) is 8.49. The van der Waals surface area contributed by atoms with Crippen molar-refractivity contribution in [2.45, 2.75) is 32.6 Å². The Bertz CT molecular complexity index is 342. The Hall–Kier alpha value is -1.18. The third-order valence-corrected chi connectivity index (χ3v) is 2.90. The van der Waals surface area contributed by atoms with Gasteiger partial charge in [-0.2, -0.15) is 0 Å². The van der Waals surface area contributed by atoms with Gasteiger partial charge in [-0.1, -0.05) is 19.3 Å². The van der Waals surface area contributed by atoms with Gasteiger partial charge >= 0.3 is 0 Å². The van der Waals surface area contributed by atoms with Crippen molar-refractivity contribution >= 4 is 5.78 Å². The smallest absolute Gasteiger partial charge is 0.164 e. The maximum atomic E-state index is 11.8. The van der Waals surface area contributed by atoms with Crippen LogP contribution in [0.25, 0.3) is 0 Å². The zero-order valence-electron chi connectivity index (χ0n) is 8.49. The Morgan fingerprint density at radius 2 is 2.29 bits per heavy atom. The molecule has 0 atom stereocenters. The van der Waals surface area contributed by atoms with E-state index in [1.807, 2.05) is 13.0 Å². The predicted octanol–water partition coefficient (Wildman–Crippen LogP) is 2.76. The number of rotatable bonds is 3. The highest BCUT2D eigenvalue weighted by Gasteiger charge is 2.21. The number of aryl methyl sites for hydroxylation is 1. The van der Waals surface area contributed by atoms with Gasteiger partial charge < -0.3 is 0 Å². The van der Waals surface area contributed by atoms with Crippen molar-refractivity contribution in [3.63, 3.8) is 0 Å². The van der Waals surface area contributed by atoms with Crippen molar-refractivity contribution < 1.29 is 4.79 Å². The molecule has 2 nitrogen and oxygen atoms in total. The molecule has 2 rings (SSSR count). The maximum absolute atomic E-state index is 11.8. The fourth-order valence-electron chi connectivity index (χ4n) is 1.78. The van der Waals surface area contributed by atoms with E-state index in [0.717, 1.165) is 11.1 Å². The molecule has 1 heterocycles. The molecule has 1 aromatic rings. The highest BCUT2D eigenvalue weighted by Crippen LogP contribution is 2.30. The summed E-state index contributed by atoms with van der Waals surface area (Å²) in [7, 11) is 0. The van der Waals surface area contributed by atoms with E-state index in [-0.39, 0.29) is 5.78 Å². The predicted molar refractivity (Wildman–Crippen MR) is 55.3 cm³/mol. The van der Waals surface area contributed by atoms with Crippen LogP contribution in [0.5, 0.6) is 0 Å². The van der Waals surface area contributed by atoms with Gasteiger partial charge in [0.2, 0.25) is 0 Å². The van der Waals surface area contributed by atoms with Crippen LogP contribution in [0.4, 0.5) is 0 Å². The van der Waals surface area contributed by atoms with Gasteiger partial charge in [0.25, 0.3) is 0 Å². The van der Waals surface area contributed by atoms with Crippen molar-refractivity contribution in [1.82, 2.24) is 4.98 Å². The molecule has 0 unspecified atom stereocenters. The molecule has 0 spiro atoms. The lowest BCUT2D eigenvalue weighted by molar-refractivity contribution is 0.0936. The van der Waals surface area contributed by atoms with Crippen LogP contribution in [-0.2, 0) is 0 Å². The van der Waals surface area contributed by atoms with Crippen LogP contribution in [0.3, 0.4) is 0 Å². The van der Waals surface area contributed by atoms with Crippen LogP contribution in [0.2, 0.25) is 0 Å². The number of Topliss-reactive ketones (excluding diaryl/α,β-unsaturated/α-hetero) is 1. The van der Waals surface area contributed by atoms with Gasteiger partial charge in [-0.05, 0) is 24.5 Å². The summed E-state index contributed by atoms with van der Waals surface area (Å²) < 4.78 is 0. The van der Waals surface area contributed by atoms with Gasteiger partial charge in [-0.25, -0.2) is 0 Å². The molecule has 1 aliphatic rings. The lowest BCUT2D eigenvalue weighted by atomic mass is 9.81. The third kappa shape index (κ3) is 2.00. The quantitative estimate of drug-likeness (QED) is 0.684. The van der Waals surface area contributed by atoms with E-state index in [4.69, 9.17) is 0 Å². The first-order valence-corrected chi connectivity index (χ1v) is 5.20. The summed E-state index contributed by atoms with van der Waals surface area (Å²) in [6.45, 7) is 1.97. The van der Waals surface area contributed by atoms with Crippen molar-refractivity contribution in [2.75, 3.05) is 0 Å². The Balaban J connectivity index is 2.02. The van der Waals surface area contributed by atoms with Gasteiger partial charge in [-0.3, -0.25) is 9.78 Å². The average Bonchev–Trinajstić information content (AvgIpc) is 2.11. The monoisotopic (exact) mass is 189 g/mol. The molecular formula is C12H15NO. The van der Waals surface area contributed by atoms with Crippen molar-refractivity contribution in [3.8, 4) is 0 Å². The Labute approximate surface area is 84.4 Å². The fraction of sp³-hybridized carbons (Fsp3) is 0.500. The van der Waals surface area contributed by atoms with Crippen LogP contribution in [0.15, 0.2) is 18.5 Å². The normalized spacial score (nSPS) is 16.4. The van der Waals surface area contributed by atoms with Crippen LogP contribution in [0, 0.1) is 12.8 Å². The van der Waals surface area contributed by atoms with Crippen molar-refractivity contribution in [3.05, 3.63) is 29.6 Å². The third-order valence-electron chi connectivity index (χ3n) is 2.90. The molecule has 14 heavy (non-hydrogen) atoms. The zero-order chi connectivity index (χ0) is 9.97. The Morgan fingerprint density at radius 1 is 1.50 bits per heavy atom. The fourth-order valence-corrected chi connectivity index (χ4v) is 1.78. The molecule has 74 valence electrons. The molecule has 1 aliphatic carbocycles. The highest BCUT2D eigenvalue weighted by molar-refractivity contribution is 5.96. The lowest BCUT2D eigenvalue weighted by Crippen LogP contribution is -2.16. The first-order valence-electron chi connectivity index (χ1n) is 5.20. The van der Waals surface area contributed by atoms with Gasteiger partial charge in [0.15, 0.2) is 5.78 Å². The van der Waals surface area contributed by atoms with E-state index in [2.05, 4.69) is 4.98 Å². The summed E-state index contributed by atoms with van der Waals surface area (Å²) in [5.41, 5.74) is 1.83. The number of carbonyl (C=O) groups is 1. The molecule has 0 radical (unpaired) electrons. The molecule has 0 aromatic carbocycles. The van der Waals surface area contributed by atoms with Crippen molar-refractivity contribution in [1.29, 1.82) is 0 Å². The molecular weight excluding hydrogens is 174 g/mol. The number of carbonyl (C=O) groups excluding carboxylic acids is 1. The minimum atomic E-state index is 0.255. The molecule has 0 N–H and O–H groups in total. The molecule has 0 aliphatic heterocycles. The van der Waals surface area contributed by atoms with E-state index in [0.29, 0.717) is 12.3 Å². The number of nitrogens with zero attached hydrogens (tertiary/aromatic N) is 1. The second kappa shape index (κ2) is 3.91. The summed E-state index contributed by atoms with van der Waals surface area (Å²) in [4.78, 5) is 15.8. The summed E-state index contributed by atoms with van der Waals surface area (Å²) in [6, 6.07) is 1.92. The van der Waals surface area contributed by atoms with Crippen LogP contribution in [0.1, 0.15) is 41.6 Å². The summed E-state index contributed by atoms with van der Waals surface area (Å²) in [5, 5.41) is 0. The standard InChI is InChI=1S/C12H15NO/c1-9-5-11(8-13-7-9)12(14)6-10-3-2-4-10/h5,7-8,10H,2-4,6H2,1H3. The first kappa shape index (κ1) is 9.38. The van der Waals surface area contributed by atoms with E-state index in [9.17, 15) is 4.79 Å². The first-order chi connectivity index (χ1) is 6.75. The number of aromatic nitrogens is 1. The minimum absolute atomic E-state index is 0.255. The molecule has 0 amide bonds. The van der Waals surface area contributed by atoms with E-state index >= 15 is 0 Å². The lowest BCUT2D eigenvalue weighted by Gasteiger charge is -2.24. The molecule has 1 aromatic heterocycles. The SMILES string of the molecule is Cc1cncc(C(=O)CC2CCC2)c1. The maximum Gasteiger partial charge on any atom is 0.164 e. The second-order valence-electron chi connectivity index (χ2n) is 4.18. The number of ketones is 1. The highest BCUT2D eigenvalue weighted by atomic mass is 16.1. The Kier molecular flexibility index (Phi) is 2.62. The van der Waals surface area contributed by atoms with Gasteiger partial charge in [0.1, 0.15) is 0 Å². The molecule has 0 saturated heterocycles. The number of hydrogen-bond donors (Lipinski definition) is 0. The van der Waals surface area contributed by atoms with E-state index in [1.165, 1.54) is 19.3 Å². The van der Waals surface area contributed by atoms with Gasteiger partial charge in [-0.15, -0.1) is 0 Å². The Morgan fingerprint density at radius 3 is 2.86 bits per heavy atom. The molecule has 1 saturated carbocycles. The number of pyridine rings is 1. The van der Waals surface area contributed by atoms with Gasteiger partial charge in [0.05, 0.1) is 0 Å². The van der Waals surface area contributed by atoms with Crippen LogP contribution < -0.4 is 0 Å². The topological polar surface area (TPSA) is 30.0 Å². The van der Waals surface area contributed by atoms with Gasteiger partial charge in [0, 0.05) is 24.4 Å². The summed E-state index contributed by atoms with van der Waals surface area (Å²) in [6.07, 6.45) is 7.92. The van der Waals surface area contributed by atoms with E-state index < -0.39 is 0 Å². The average molecular weight is 189 g/mol. The van der Waals surface area contributed by atoms with Crippen molar-refractivity contribution in [2.24, 2.45) is 5.92 Å². The number of hydrogen-bond acceptors (Lipinski definition) is 2. The second-order valence-corrected chi connectivity index (χ2v) is 4.18. The largest absolute Gasteiger partial charge is 0.294 e. The summed E-state index contributed by atoms with van der Waals surface area (Å²) in [5.74, 6) is 0.897. The minimum Gasteiger partial charge on any atom is -0.294 e. The molecule has 0 bridgehead atoms. The molecule has 1 fully saturated rings. The van der Waals surface area contributed by atoms with Crippen LogP contribution >= 0.6 is 0 Å². The molecule has 2 heteroatoms. The van der Waals surface area contributed by atoms with E-state index in [1.54, 1.807) is 12.4 Å². The van der Waals surface area contributed by atoms with Crippen LogP contribution in [-0.4, -0.2) is 10.8 Å².